The summed E-state index contributed by atoms with van der Waals surface area (Å²) in [6.45, 7) is 30.1. The molecular formula is C64H99ClN16O8Si2Sn. The van der Waals surface area contributed by atoms with Crippen molar-refractivity contribution in [2.75, 3.05) is 102 Å². The van der Waals surface area contributed by atoms with Gasteiger partial charge in [-0.3, -0.25) is 23.3 Å². The fourth-order valence-electron chi connectivity index (χ4n) is 12.8. The van der Waals surface area contributed by atoms with E-state index in [0.29, 0.717) is 126 Å². The van der Waals surface area contributed by atoms with Crippen molar-refractivity contribution in [3.8, 4) is 11.4 Å². The van der Waals surface area contributed by atoms with Gasteiger partial charge in [0.2, 0.25) is 5.28 Å². The molecule has 0 aliphatic carbocycles. The van der Waals surface area contributed by atoms with Crippen LogP contribution in [-0.4, -0.2) is 194 Å². The van der Waals surface area contributed by atoms with E-state index in [1.54, 1.807) is 46.6 Å². The zero-order chi connectivity index (χ0) is 64.8. The molecule has 0 N–H and O–H groups in total. The number of rotatable bonds is 25. The van der Waals surface area contributed by atoms with Crippen LogP contribution in [0.25, 0.3) is 44.7 Å². The Morgan fingerprint density at radius 2 is 0.989 bits per heavy atom. The Hall–Kier alpha value is -5.18. The number of anilines is 2. The van der Waals surface area contributed by atoms with E-state index < -0.39 is 34.5 Å². The van der Waals surface area contributed by atoms with Gasteiger partial charge < -0.3 is 38.2 Å². The Kier molecular flexibility index (Phi) is 24.6. The third-order valence-corrected chi connectivity index (χ3v) is 37.4. The molecule has 28 heteroatoms. The van der Waals surface area contributed by atoms with Crippen LogP contribution in [0.1, 0.15) is 97.1 Å². The van der Waals surface area contributed by atoms with Gasteiger partial charge in [-0.1, -0.05) is 39.3 Å². The maximum Gasteiger partial charge on any atom is 0.332 e. The normalized spacial score (nSPS) is 16.6. The van der Waals surface area contributed by atoms with Gasteiger partial charge in [-0.2, -0.15) is 15.1 Å². The van der Waals surface area contributed by atoms with E-state index in [4.69, 9.17) is 50.0 Å². The van der Waals surface area contributed by atoms with Crippen LogP contribution in [0.15, 0.2) is 59.2 Å². The predicted molar refractivity (Wildman–Crippen MR) is 371 cm³/mol. The van der Waals surface area contributed by atoms with Crippen molar-refractivity contribution >= 4 is 94.7 Å². The topological polar surface area (TPSA) is 228 Å². The molecule has 24 nitrogen and oxygen atoms in total. The van der Waals surface area contributed by atoms with Crippen LogP contribution in [0.4, 0.5) is 11.6 Å². The standard InChI is InChI=1S/C26H36N8O4Si.C20H32ClN5O4Si.C6H4N3.3C4H9.Sn/c1-39(2,3)15-14-38-18-32-22-24(31-8-12-37-13-9-31)29-23(20-16-28-33-7-6-27-17-21(20)33)30-25(22)34(26(32)35)19-4-10-36-11-5-19;1-31(2,3)13-12-30-14-25-16-17(24-6-10-29-11-7-24)22-19(21)23-18(16)26(20(25)27)15-4-8-28-9-5-15;1-2-8-9-4-3-7-5-6(1)9;3*1-3-4-2;/h6-7,16-17,19H,4-5,8-15,18H2,1-3H3;15H,4-14H2,1-3H3;2-5H;3*1,3-4H2,2H3;. The molecule has 8 aromatic rings. The van der Waals surface area contributed by atoms with Crippen molar-refractivity contribution in [3.05, 3.63) is 75.8 Å². The van der Waals surface area contributed by atoms with Gasteiger partial charge in [0.05, 0.1) is 49.9 Å². The second-order valence-corrected chi connectivity index (χ2v) is 52.0. The van der Waals surface area contributed by atoms with Crippen molar-refractivity contribution in [2.45, 2.75) is 175 Å². The van der Waals surface area contributed by atoms with Crippen LogP contribution in [0, 0.1) is 0 Å². The molecule has 0 radical (unpaired) electrons. The van der Waals surface area contributed by atoms with Crippen LogP contribution < -0.4 is 24.8 Å². The quantitative estimate of drug-likeness (QED) is 0.0294. The molecule has 4 aliphatic heterocycles. The Labute approximate surface area is 551 Å². The number of hydrogen-bond donors (Lipinski definition) is 0. The largest absolute Gasteiger partial charge is 0.381 e. The van der Waals surface area contributed by atoms with Gasteiger partial charge in [-0.15, -0.1) is 0 Å². The van der Waals surface area contributed by atoms with Crippen molar-refractivity contribution in [1.29, 1.82) is 0 Å². The molecule has 0 saturated carbocycles. The number of aromatic nitrogens is 14. The van der Waals surface area contributed by atoms with Gasteiger partial charge in [0.1, 0.15) is 24.5 Å². The Morgan fingerprint density at radius 3 is 1.47 bits per heavy atom. The van der Waals surface area contributed by atoms with E-state index in [1.807, 2.05) is 27.7 Å². The first-order chi connectivity index (χ1) is 44.5. The van der Waals surface area contributed by atoms with Crippen molar-refractivity contribution in [1.82, 2.24) is 67.4 Å². The molecule has 12 rings (SSSR count). The molecule has 0 aromatic carbocycles. The minimum atomic E-state index is -2.37. The molecule has 502 valence electrons. The number of fused-ring (bicyclic) bond motifs is 4. The van der Waals surface area contributed by atoms with E-state index in [1.165, 1.54) is 57.4 Å². The predicted octanol–water partition coefficient (Wildman–Crippen LogP) is 10.3. The van der Waals surface area contributed by atoms with Crippen molar-refractivity contribution in [3.63, 3.8) is 0 Å². The number of halogens is 1. The number of unbranched alkanes of at least 4 members (excludes halogenated alkanes) is 3. The van der Waals surface area contributed by atoms with Crippen LogP contribution in [0.2, 0.25) is 70.0 Å². The van der Waals surface area contributed by atoms with E-state index in [2.05, 4.69) is 106 Å². The van der Waals surface area contributed by atoms with Crippen LogP contribution in [0.5, 0.6) is 0 Å². The van der Waals surface area contributed by atoms with Gasteiger partial charge >= 0.3 is 151 Å². The van der Waals surface area contributed by atoms with E-state index in [-0.39, 0.29) is 42.2 Å². The molecule has 0 amide bonds. The van der Waals surface area contributed by atoms with Gasteiger partial charge in [0.25, 0.3) is 0 Å². The molecular weight excluding hydrogens is 1330 g/mol. The molecule has 8 aromatic heterocycles. The SMILES string of the molecule is CCC[CH2][Sn]([CH2]CCC)([CH2]CCC)[c]1cnn2ccncc12.C[Si](C)(C)CCOCn1c(=O)n(C2CCOCC2)c2nc(-c3cnn4ccncc34)nc(N3CCOCC3)c21.C[Si](C)(C)CCOCn1c(=O)n(C2CCOCC2)c2nc(Cl)nc(N3CCOCC3)c21. The smallest absolute Gasteiger partial charge is 0.332 e. The number of ether oxygens (including phenoxy) is 6. The summed E-state index contributed by atoms with van der Waals surface area (Å²) in [4.78, 5) is 59.8. The second-order valence-electron chi connectivity index (χ2n) is 27.3. The Balaban J connectivity index is 0.000000158. The molecule has 4 fully saturated rings. The minimum absolute atomic E-state index is 0.0113. The summed E-state index contributed by atoms with van der Waals surface area (Å²) >= 11 is 3.97. The Morgan fingerprint density at radius 1 is 0.554 bits per heavy atom. The van der Waals surface area contributed by atoms with Gasteiger partial charge in [0.15, 0.2) is 28.8 Å². The fourth-order valence-corrected chi connectivity index (χ4v) is 30.8. The molecule has 12 heterocycles. The summed E-state index contributed by atoms with van der Waals surface area (Å²) in [6, 6.07) is 2.08. The first-order valence-electron chi connectivity index (χ1n) is 33.8. The van der Waals surface area contributed by atoms with Crippen molar-refractivity contribution in [2.24, 2.45) is 0 Å². The summed E-state index contributed by atoms with van der Waals surface area (Å²) in [6.07, 6.45) is 26.2. The van der Waals surface area contributed by atoms with Gasteiger partial charge in [0, 0.05) is 106 Å². The number of morpholine rings is 2. The zero-order valence-electron chi connectivity index (χ0n) is 56.0. The van der Waals surface area contributed by atoms with Gasteiger partial charge in [-0.25, -0.2) is 24.1 Å². The molecule has 0 spiro atoms. The van der Waals surface area contributed by atoms with Crippen molar-refractivity contribution < 1.29 is 28.4 Å². The second kappa shape index (κ2) is 32.5. The average molecular weight is 1430 g/mol. The molecule has 0 unspecified atom stereocenters. The molecule has 4 saturated heterocycles. The summed E-state index contributed by atoms with van der Waals surface area (Å²) in [5.74, 6) is 1.91. The van der Waals surface area contributed by atoms with Crippen LogP contribution in [-0.2, 0) is 41.9 Å². The number of nitrogens with zero attached hydrogens (tertiary/aromatic N) is 16. The van der Waals surface area contributed by atoms with E-state index >= 15 is 0 Å². The maximum atomic E-state index is 14.1. The maximum absolute atomic E-state index is 14.1. The third kappa shape index (κ3) is 16.9. The number of imidazole rings is 2. The monoisotopic (exact) mass is 1430 g/mol. The van der Waals surface area contributed by atoms with Crippen LogP contribution >= 0.6 is 11.6 Å². The summed E-state index contributed by atoms with van der Waals surface area (Å²) in [5, 5.41) is 9.26. The zero-order valence-corrected chi connectivity index (χ0v) is 61.6. The Bertz CT molecular complexity index is 3760. The molecule has 0 bridgehead atoms. The minimum Gasteiger partial charge on any atom is -0.381 e. The van der Waals surface area contributed by atoms with E-state index in [9.17, 15) is 9.59 Å². The van der Waals surface area contributed by atoms with E-state index in [0.717, 1.165) is 54.7 Å². The third-order valence-electron chi connectivity index (χ3n) is 18.2. The number of hydrogen-bond acceptors (Lipinski definition) is 18. The first-order valence-corrected chi connectivity index (χ1v) is 49.0. The summed E-state index contributed by atoms with van der Waals surface area (Å²) in [7, 11) is -2.50. The van der Waals surface area contributed by atoms with Crippen LogP contribution in [0.3, 0.4) is 0 Å². The molecule has 4 aliphatic rings. The average Bonchev–Trinajstić information content (AvgIpc) is 1.59. The summed E-state index contributed by atoms with van der Waals surface area (Å²) < 4.78 is 51.3. The molecule has 0 atom stereocenters. The molecule has 92 heavy (non-hydrogen) atoms. The first kappa shape index (κ1) is 69.6. The van der Waals surface area contributed by atoms with Gasteiger partial charge in [-0.05, 0) is 49.4 Å². The fraction of sp³-hybridized carbons (Fsp3) is 0.656. The summed E-state index contributed by atoms with van der Waals surface area (Å²) in [5.41, 5.74) is 5.22.